The molecule has 2 heterocycles. The van der Waals surface area contributed by atoms with Gasteiger partial charge in [0.1, 0.15) is 12.3 Å². The molecule has 1 aromatic rings. The number of nitrogens with zero attached hydrogens (tertiary/aromatic N) is 2. The number of fused-ring (bicyclic) bond motifs is 1. The normalized spacial score (nSPS) is 15.5. The third kappa shape index (κ3) is 0.665. The predicted octanol–water partition coefficient (Wildman–Crippen LogP) is 0.722. The second-order valence-electron chi connectivity index (χ2n) is 2.05. The van der Waals surface area contributed by atoms with Gasteiger partial charge in [0.05, 0.1) is 6.20 Å². The Bertz CT molecular complexity index is 251. The van der Waals surface area contributed by atoms with Crippen molar-refractivity contribution >= 4 is 5.69 Å². The van der Waals surface area contributed by atoms with Crippen LogP contribution >= 0.6 is 0 Å². The topological polar surface area (TPSA) is 45.6 Å². The van der Waals surface area contributed by atoms with Crippen LogP contribution in [0.15, 0.2) is 18.5 Å². The lowest BCUT2D eigenvalue weighted by Gasteiger charge is -2.04. The van der Waals surface area contributed by atoms with Crippen molar-refractivity contribution in [1.82, 2.24) is 4.98 Å². The summed E-state index contributed by atoms with van der Waals surface area (Å²) in [6, 6.07) is 1.81. The molecular formula is C6H6N2O2. The first-order chi connectivity index (χ1) is 4.88. The molecule has 1 aromatic heterocycles. The van der Waals surface area contributed by atoms with Crippen molar-refractivity contribution in [2.24, 2.45) is 0 Å². The Morgan fingerprint density at radius 2 is 2.60 bits per heavy atom. The van der Waals surface area contributed by atoms with Crippen LogP contribution in [0.25, 0.3) is 0 Å². The SMILES string of the molecule is ON1OCc2ccncc21. The summed E-state index contributed by atoms with van der Waals surface area (Å²) in [6.45, 7) is 0.425. The van der Waals surface area contributed by atoms with Gasteiger partial charge in [-0.05, 0) is 6.07 Å². The molecule has 0 atom stereocenters. The second-order valence-corrected chi connectivity index (χ2v) is 2.05. The molecule has 0 radical (unpaired) electrons. The summed E-state index contributed by atoms with van der Waals surface area (Å²) in [6.07, 6.45) is 3.23. The fourth-order valence-electron chi connectivity index (χ4n) is 0.909. The molecule has 1 aliphatic heterocycles. The minimum absolute atomic E-state index is 0.425. The molecule has 0 unspecified atom stereocenters. The van der Waals surface area contributed by atoms with Gasteiger partial charge >= 0.3 is 0 Å². The first kappa shape index (κ1) is 5.64. The van der Waals surface area contributed by atoms with Crippen LogP contribution in [0.4, 0.5) is 5.69 Å². The van der Waals surface area contributed by atoms with E-state index in [9.17, 15) is 0 Å². The van der Waals surface area contributed by atoms with E-state index >= 15 is 0 Å². The molecule has 1 N–H and O–H groups in total. The van der Waals surface area contributed by atoms with Crippen LogP contribution in [0.1, 0.15) is 5.56 Å². The number of hydrogen-bond acceptors (Lipinski definition) is 4. The molecule has 0 bridgehead atoms. The maximum atomic E-state index is 8.95. The highest BCUT2D eigenvalue weighted by atomic mass is 16.9. The molecule has 0 spiro atoms. The quantitative estimate of drug-likeness (QED) is 0.573. The summed E-state index contributed by atoms with van der Waals surface area (Å²) in [5.74, 6) is 0. The summed E-state index contributed by atoms with van der Waals surface area (Å²) in [5, 5.41) is 9.69. The van der Waals surface area contributed by atoms with E-state index in [4.69, 9.17) is 10.0 Å². The average Bonchev–Trinajstić information content (AvgIpc) is 2.34. The molecule has 2 rings (SSSR count). The van der Waals surface area contributed by atoms with Crippen LogP contribution in [0.2, 0.25) is 0 Å². The summed E-state index contributed by atoms with van der Waals surface area (Å²) in [5.41, 5.74) is 1.58. The van der Waals surface area contributed by atoms with Crippen molar-refractivity contribution in [3.8, 4) is 0 Å². The van der Waals surface area contributed by atoms with Gasteiger partial charge in [-0.15, -0.1) is 5.23 Å². The zero-order chi connectivity index (χ0) is 6.97. The maximum absolute atomic E-state index is 8.95. The fourth-order valence-corrected chi connectivity index (χ4v) is 0.909. The molecule has 0 aliphatic carbocycles. The zero-order valence-corrected chi connectivity index (χ0v) is 5.19. The summed E-state index contributed by atoms with van der Waals surface area (Å²) >= 11 is 0. The lowest BCUT2D eigenvalue weighted by molar-refractivity contribution is -0.0329. The van der Waals surface area contributed by atoms with Crippen LogP contribution in [0.5, 0.6) is 0 Å². The molecule has 0 saturated heterocycles. The van der Waals surface area contributed by atoms with Crippen LogP contribution in [0, 0.1) is 0 Å². The first-order valence-corrected chi connectivity index (χ1v) is 2.93. The highest BCUT2D eigenvalue weighted by molar-refractivity contribution is 5.49. The lowest BCUT2D eigenvalue weighted by Crippen LogP contribution is -2.10. The van der Waals surface area contributed by atoms with Crippen molar-refractivity contribution in [3.63, 3.8) is 0 Å². The van der Waals surface area contributed by atoms with Crippen molar-refractivity contribution in [2.45, 2.75) is 6.61 Å². The van der Waals surface area contributed by atoms with Crippen molar-refractivity contribution in [3.05, 3.63) is 24.0 Å². The molecule has 4 nitrogen and oxygen atoms in total. The third-order valence-corrected chi connectivity index (χ3v) is 1.44. The van der Waals surface area contributed by atoms with Gasteiger partial charge in [0.2, 0.25) is 0 Å². The van der Waals surface area contributed by atoms with E-state index in [1.165, 1.54) is 0 Å². The molecule has 52 valence electrons. The zero-order valence-electron chi connectivity index (χ0n) is 5.19. The Kier molecular flexibility index (Phi) is 1.09. The van der Waals surface area contributed by atoms with Crippen molar-refractivity contribution < 1.29 is 10.0 Å². The van der Waals surface area contributed by atoms with Crippen LogP contribution in [-0.4, -0.2) is 10.2 Å². The Balaban J connectivity index is 2.51. The van der Waals surface area contributed by atoms with Gasteiger partial charge in [-0.2, -0.15) is 0 Å². The Hall–Kier alpha value is -1.13. The fraction of sp³-hybridized carbons (Fsp3) is 0.167. The van der Waals surface area contributed by atoms with Crippen molar-refractivity contribution in [2.75, 3.05) is 5.23 Å². The molecule has 1 aliphatic rings. The standard InChI is InChI=1S/C6H6N2O2/c9-8-6-3-7-2-1-5(6)4-10-8/h1-3,9H,4H2. The number of rotatable bonds is 0. The molecule has 0 fully saturated rings. The smallest absolute Gasteiger partial charge is 0.118 e. The van der Waals surface area contributed by atoms with Crippen LogP contribution in [0.3, 0.4) is 0 Å². The van der Waals surface area contributed by atoms with E-state index in [2.05, 4.69) is 4.98 Å². The molecule has 0 amide bonds. The van der Waals surface area contributed by atoms with Gasteiger partial charge in [0, 0.05) is 11.8 Å². The Labute approximate surface area is 57.6 Å². The van der Waals surface area contributed by atoms with Crippen LogP contribution in [-0.2, 0) is 11.4 Å². The van der Waals surface area contributed by atoms with E-state index in [0.717, 1.165) is 10.8 Å². The molecule has 0 aromatic carbocycles. The monoisotopic (exact) mass is 138 g/mol. The first-order valence-electron chi connectivity index (χ1n) is 2.93. The van der Waals surface area contributed by atoms with Gasteiger partial charge in [-0.3, -0.25) is 10.2 Å². The van der Waals surface area contributed by atoms with Gasteiger partial charge < -0.3 is 0 Å². The maximum Gasteiger partial charge on any atom is 0.118 e. The van der Waals surface area contributed by atoms with E-state index in [1.807, 2.05) is 6.07 Å². The minimum Gasteiger partial charge on any atom is -0.264 e. The molecule has 0 saturated carbocycles. The Morgan fingerprint density at radius 1 is 1.70 bits per heavy atom. The molecular weight excluding hydrogens is 132 g/mol. The summed E-state index contributed by atoms with van der Waals surface area (Å²) < 4.78 is 0. The van der Waals surface area contributed by atoms with Crippen LogP contribution < -0.4 is 5.23 Å². The van der Waals surface area contributed by atoms with E-state index in [1.54, 1.807) is 12.4 Å². The average molecular weight is 138 g/mol. The van der Waals surface area contributed by atoms with Crippen molar-refractivity contribution in [1.29, 1.82) is 0 Å². The second kappa shape index (κ2) is 1.93. The lowest BCUT2D eigenvalue weighted by atomic mass is 10.2. The number of aromatic nitrogens is 1. The van der Waals surface area contributed by atoms with E-state index in [-0.39, 0.29) is 0 Å². The predicted molar refractivity (Wildman–Crippen MR) is 33.3 cm³/mol. The summed E-state index contributed by atoms with van der Waals surface area (Å²) in [7, 11) is 0. The largest absolute Gasteiger partial charge is 0.264 e. The van der Waals surface area contributed by atoms with Gasteiger partial charge in [-0.1, -0.05) is 0 Å². The number of pyridine rings is 1. The van der Waals surface area contributed by atoms with Gasteiger partial charge in [0.25, 0.3) is 0 Å². The number of hydrogen-bond donors (Lipinski definition) is 1. The Morgan fingerprint density at radius 3 is 3.40 bits per heavy atom. The van der Waals surface area contributed by atoms with Gasteiger partial charge in [-0.25, -0.2) is 4.84 Å². The molecule has 10 heavy (non-hydrogen) atoms. The minimum atomic E-state index is 0.425. The third-order valence-electron chi connectivity index (χ3n) is 1.44. The van der Waals surface area contributed by atoms with E-state index in [0.29, 0.717) is 12.3 Å². The van der Waals surface area contributed by atoms with Gasteiger partial charge in [0.15, 0.2) is 0 Å². The molecule has 4 heteroatoms. The van der Waals surface area contributed by atoms with E-state index < -0.39 is 0 Å². The highest BCUT2D eigenvalue weighted by Crippen LogP contribution is 2.24. The summed E-state index contributed by atoms with van der Waals surface area (Å²) in [4.78, 5) is 8.60. The number of anilines is 1. The highest BCUT2D eigenvalue weighted by Gasteiger charge is 2.17.